The normalized spacial score (nSPS) is 18.6. The molecule has 2 atom stereocenters. The molecule has 2 unspecified atom stereocenters. The number of nitrogens with one attached hydrogen (secondary N) is 1. The van der Waals surface area contributed by atoms with E-state index in [1.54, 1.807) is 13.2 Å². The van der Waals surface area contributed by atoms with Gasteiger partial charge in [-0.25, -0.2) is 23.4 Å². The van der Waals surface area contributed by atoms with E-state index in [4.69, 9.17) is 21.1 Å². The lowest BCUT2D eigenvalue weighted by molar-refractivity contribution is 0.0950. The molecule has 0 bridgehead atoms. The quantitative estimate of drug-likeness (QED) is 0.428. The fraction of sp³-hybridized carbons (Fsp3) is 0.500. The second-order valence-electron chi connectivity index (χ2n) is 8.89. The van der Waals surface area contributed by atoms with Crippen molar-refractivity contribution >= 4 is 27.6 Å². The molecule has 0 radical (unpaired) electrons. The number of hydrogen-bond acceptors (Lipinski definition) is 9. The van der Waals surface area contributed by atoms with Crippen LogP contribution >= 0.6 is 11.6 Å². The standard InChI is InChI=1S/C22H26ClN7O4S/c1-13(18(34-3)19-24-11-15(23)12-25-19)35(31,32)29-21-28-27-20(16-5-4-6-17(26-16)33-2)30(21)22(9-10-22)14-7-8-14/h4-6,11-14,18H,7-10H2,1-3H3,(H,28,29). The summed E-state index contributed by atoms with van der Waals surface area (Å²) in [6.45, 7) is 1.54. The molecular weight excluding hydrogens is 494 g/mol. The number of sulfonamides is 1. The van der Waals surface area contributed by atoms with Gasteiger partial charge < -0.3 is 9.47 Å². The molecule has 0 amide bonds. The summed E-state index contributed by atoms with van der Waals surface area (Å²) < 4.78 is 42.3. The number of aromatic nitrogens is 6. The number of nitrogens with zero attached hydrogens (tertiary/aromatic N) is 6. The lowest BCUT2D eigenvalue weighted by atomic mass is 10.1. The summed E-state index contributed by atoms with van der Waals surface area (Å²) in [5.41, 5.74) is 0.344. The largest absolute Gasteiger partial charge is 0.481 e. The van der Waals surface area contributed by atoms with Crippen molar-refractivity contribution in [2.75, 3.05) is 18.9 Å². The summed E-state index contributed by atoms with van der Waals surface area (Å²) in [5, 5.41) is 7.92. The van der Waals surface area contributed by atoms with Crippen LogP contribution in [0.15, 0.2) is 30.6 Å². The van der Waals surface area contributed by atoms with E-state index in [0.29, 0.717) is 28.3 Å². The van der Waals surface area contributed by atoms with E-state index in [-0.39, 0.29) is 17.3 Å². The molecule has 2 fully saturated rings. The molecule has 2 saturated carbocycles. The van der Waals surface area contributed by atoms with Crippen molar-refractivity contribution in [1.82, 2.24) is 29.7 Å². The lowest BCUT2D eigenvalue weighted by Crippen LogP contribution is -2.34. The Kier molecular flexibility index (Phi) is 6.14. The predicted octanol–water partition coefficient (Wildman–Crippen LogP) is 3.21. The average molecular weight is 520 g/mol. The van der Waals surface area contributed by atoms with Crippen LogP contribution in [-0.4, -0.2) is 57.6 Å². The van der Waals surface area contributed by atoms with Crippen LogP contribution < -0.4 is 9.46 Å². The monoisotopic (exact) mass is 519 g/mol. The van der Waals surface area contributed by atoms with Crippen molar-refractivity contribution in [3.63, 3.8) is 0 Å². The number of halogens is 1. The molecule has 13 heteroatoms. The third-order valence-electron chi connectivity index (χ3n) is 6.67. The van der Waals surface area contributed by atoms with Gasteiger partial charge in [-0.15, -0.1) is 10.2 Å². The highest BCUT2D eigenvalue weighted by molar-refractivity contribution is 7.93. The van der Waals surface area contributed by atoms with Gasteiger partial charge in [0.25, 0.3) is 0 Å². The molecule has 2 aliphatic carbocycles. The van der Waals surface area contributed by atoms with Gasteiger partial charge in [0, 0.05) is 25.6 Å². The molecule has 35 heavy (non-hydrogen) atoms. The fourth-order valence-electron chi connectivity index (χ4n) is 4.51. The summed E-state index contributed by atoms with van der Waals surface area (Å²) in [4.78, 5) is 12.8. The van der Waals surface area contributed by atoms with Gasteiger partial charge in [-0.3, -0.25) is 9.29 Å². The van der Waals surface area contributed by atoms with Gasteiger partial charge in [-0.2, -0.15) is 0 Å². The summed E-state index contributed by atoms with van der Waals surface area (Å²) in [7, 11) is -1.03. The van der Waals surface area contributed by atoms with Crippen LogP contribution in [0.1, 0.15) is 44.5 Å². The number of anilines is 1. The second kappa shape index (κ2) is 8.99. The molecule has 0 saturated heterocycles. The van der Waals surface area contributed by atoms with Crippen molar-refractivity contribution < 1.29 is 17.9 Å². The van der Waals surface area contributed by atoms with Crippen molar-refractivity contribution in [3.8, 4) is 17.4 Å². The van der Waals surface area contributed by atoms with E-state index in [9.17, 15) is 8.42 Å². The van der Waals surface area contributed by atoms with Gasteiger partial charge >= 0.3 is 0 Å². The van der Waals surface area contributed by atoms with Crippen LogP contribution in [0, 0.1) is 5.92 Å². The Balaban J connectivity index is 1.51. The van der Waals surface area contributed by atoms with Crippen LogP contribution in [0.4, 0.5) is 5.95 Å². The number of hydrogen-bond donors (Lipinski definition) is 1. The predicted molar refractivity (Wildman–Crippen MR) is 129 cm³/mol. The highest BCUT2D eigenvalue weighted by Crippen LogP contribution is 2.61. The number of rotatable bonds is 10. The first-order valence-corrected chi connectivity index (χ1v) is 13.2. The highest BCUT2D eigenvalue weighted by Gasteiger charge is 2.57. The maximum Gasteiger partial charge on any atom is 0.240 e. The van der Waals surface area contributed by atoms with E-state index in [1.165, 1.54) is 26.4 Å². The molecule has 5 rings (SSSR count). The second-order valence-corrected chi connectivity index (χ2v) is 11.4. The van der Waals surface area contributed by atoms with Crippen LogP contribution in [0.25, 0.3) is 11.5 Å². The number of methoxy groups -OCH3 is 2. The van der Waals surface area contributed by atoms with Crippen LogP contribution in [-0.2, 0) is 20.3 Å². The lowest BCUT2D eigenvalue weighted by Gasteiger charge is -2.24. The Labute approximate surface area is 208 Å². The van der Waals surface area contributed by atoms with Gasteiger partial charge in [-0.05, 0) is 44.6 Å². The van der Waals surface area contributed by atoms with Gasteiger partial charge in [0.05, 0.1) is 17.7 Å². The Bertz CT molecular complexity index is 1320. The van der Waals surface area contributed by atoms with Crippen molar-refractivity contribution in [3.05, 3.63) is 41.4 Å². The molecule has 0 aromatic carbocycles. The smallest absolute Gasteiger partial charge is 0.240 e. The first-order chi connectivity index (χ1) is 16.8. The van der Waals surface area contributed by atoms with Crippen LogP contribution in [0.2, 0.25) is 5.02 Å². The Morgan fingerprint density at radius 2 is 1.89 bits per heavy atom. The molecule has 0 spiro atoms. The molecule has 11 nitrogen and oxygen atoms in total. The third kappa shape index (κ3) is 4.45. The molecule has 1 N–H and O–H groups in total. The zero-order chi connectivity index (χ0) is 24.8. The van der Waals surface area contributed by atoms with Crippen LogP contribution in [0.3, 0.4) is 0 Å². The maximum absolute atomic E-state index is 13.5. The SMILES string of the molecule is COc1cccc(-c2nnc(NS(=O)(=O)C(C)C(OC)c3ncc(Cl)cn3)n2C2(C3CC3)CC2)n1. The first-order valence-electron chi connectivity index (χ1n) is 11.3. The Hall–Kier alpha value is -2.83. The van der Waals surface area contributed by atoms with E-state index < -0.39 is 21.4 Å². The topological polar surface area (TPSA) is 134 Å². The van der Waals surface area contributed by atoms with Gasteiger partial charge in [0.15, 0.2) is 11.6 Å². The summed E-state index contributed by atoms with van der Waals surface area (Å²) >= 11 is 5.88. The van der Waals surface area contributed by atoms with Crippen molar-refractivity contribution in [2.24, 2.45) is 5.92 Å². The van der Waals surface area contributed by atoms with Gasteiger partial charge in [0.1, 0.15) is 17.0 Å². The molecule has 3 heterocycles. The van der Waals surface area contributed by atoms with E-state index in [0.717, 1.165) is 25.7 Å². The van der Waals surface area contributed by atoms with Gasteiger partial charge in [0.2, 0.25) is 21.9 Å². The minimum Gasteiger partial charge on any atom is -0.481 e. The first kappa shape index (κ1) is 23.9. The van der Waals surface area contributed by atoms with Crippen LogP contribution in [0.5, 0.6) is 5.88 Å². The van der Waals surface area contributed by atoms with E-state index in [1.807, 2.05) is 16.7 Å². The van der Waals surface area contributed by atoms with Gasteiger partial charge in [-0.1, -0.05) is 17.7 Å². The molecule has 2 aliphatic rings. The third-order valence-corrected chi connectivity index (χ3v) is 8.56. The zero-order valence-corrected chi connectivity index (χ0v) is 21.1. The van der Waals surface area contributed by atoms with E-state index in [2.05, 4.69) is 29.9 Å². The highest BCUT2D eigenvalue weighted by atomic mass is 35.5. The van der Waals surface area contributed by atoms with Crippen molar-refractivity contribution in [2.45, 2.75) is 49.5 Å². The average Bonchev–Trinajstić information content (AvgIpc) is 3.78. The summed E-state index contributed by atoms with van der Waals surface area (Å²) in [6, 6.07) is 5.37. The summed E-state index contributed by atoms with van der Waals surface area (Å²) in [6.07, 6.45) is 5.92. The van der Waals surface area contributed by atoms with E-state index >= 15 is 0 Å². The minimum atomic E-state index is -3.98. The minimum absolute atomic E-state index is 0.160. The summed E-state index contributed by atoms with van der Waals surface area (Å²) in [5.74, 6) is 1.78. The maximum atomic E-state index is 13.5. The Morgan fingerprint density at radius 1 is 1.17 bits per heavy atom. The number of pyridine rings is 1. The zero-order valence-electron chi connectivity index (χ0n) is 19.5. The van der Waals surface area contributed by atoms with Crippen molar-refractivity contribution in [1.29, 1.82) is 0 Å². The fourth-order valence-corrected chi connectivity index (χ4v) is 5.74. The molecular formula is C22H26ClN7O4S. The molecule has 186 valence electrons. The molecule has 3 aromatic rings. The molecule has 0 aliphatic heterocycles. The number of ether oxygens (including phenoxy) is 2. The molecule has 3 aromatic heterocycles. The Morgan fingerprint density at radius 3 is 2.49 bits per heavy atom.